The fraction of sp³-hybridized carbons (Fsp3) is 0. The zero-order valence-electron chi connectivity index (χ0n) is 33.3. The van der Waals surface area contributed by atoms with Crippen LogP contribution in [0.25, 0.3) is 127 Å². The molecule has 0 aliphatic carbocycles. The number of para-hydroxylation sites is 2. The van der Waals surface area contributed by atoms with E-state index >= 15 is 0 Å². The Kier molecular flexibility index (Phi) is 7.54. The van der Waals surface area contributed by atoms with E-state index < -0.39 is 0 Å². The Morgan fingerprint density at radius 2 is 0.742 bits per heavy atom. The SMILES string of the molecule is c1ccc(-c2nc(-c3ccccc3)nc(-c3ccc4c5ccccc5c5cc(-n6c7ccccc7c7cc(-c8ccc9oc%10ccccc%10c9c8)ccc76)ccc5c4c3)n2)cc1. The fourth-order valence-electron chi connectivity index (χ4n) is 9.50. The molecule has 0 radical (unpaired) electrons. The minimum absolute atomic E-state index is 0.639. The van der Waals surface area contributed by atoms with Crippen molar-refractivity contribution in [2.24, 2.45) is 0 Å². The van der Waals surface area contributed by atoms with Gasteiger partial charge in [-0.25, -0.2) is 15.0 Å². The molecule has 0 fully saturated rings. The van der Waals surface area contributed by atoms with Crippen LogP contribution in [-0.4, -0.2) is 19.5 Å². The van der Waals surface area contributed by atoms with Crippen LogP contribution in [0.3, 0.4) is 0 Å². The molecule has 0 unspecified atom stereocenters. The summed E-state index contributed by atoms with van der Waals surface area (Å²) < 4.78 is 8.57. The summed E-state index contributed by atoms with van der Waals surface area (Å²) in [5.74, 6) is 1.93. The Labute approximate surface area is 355 Å². The van der Waals surface area contributed by atoms with Gasteiger partial charge >= 0.3 is 0 Å². The predicted molar refractivity (Wildman–Crippen MR) is 256 cm³/mol. The lowest BCUT2D eigenvalue weighted by molar-refractivity contribution is 0.669. The molecule has 0 spiro atoms. The molecule has 10 aromatic carbocycles. The minimum Gasteiger partial charge on any atom is -0.456 e. The Hall–Kier alpha value is -8.41. The number of rotatable bonds is 5. The van der Waals surface area contributed by atoms with Gasteiger partial charge in [-0.1, -0.05) is 152 Å². The molecule has 0 bridgehead atoms. The highest BCUT2D eigenvalue weighted by Crippen LogP contribution is 2.41. The molecule has 288 valence electrons. The summed E-state index contributed by atoms with van der Waals surface area (Å²) in [5, 5.41) is 11.8. The van der Waals surface area contributed by atoms with Crippen LogP contribution in [0.2, 0.25) is 0 Å². The van der Waals surface area contributed by atoms with Gasteiger partial charge in [0.2, 0.25) is 0 Å². The maximum atomic E-state index is 6.16. The van der Waals surface area contributed by atoms with Crippen molar-refractivity contribution >= 4 is 76.1 Å². The largest absolute Gasteiger partial charge is 0.456 e. The Morgan fingerprint density at radius 1 is 0.274 bits per heavy atom. The minimum atomic E-state index is 0.639. The van der Waals surface area contributed by atoms with Crippen LogP contribution in [0.4, 0.5) is 0 Å². The van der Waals surface area contributed by atoms with Crippen molar-refractivity contribution in [1.82, 2.24) is 19.5 Å². The van der Waals surface area contributed by atoms with Crippen LogP contribution in [0.5, 0.6) is 0 Å². The first kappa shape index (κ1) is 34.5. The van der Waals surface area contributed by atoms with Crippen molar-refractivity contribution in [3.8, 4) is 51.0 Å². The third-order valence-corrected chi connectivity index (χ3v) is 12.4. The zero-order valence-corrected chi connectivity index (χ0v) is 33.3. The number of furan rings is 1. The fourth-order valence-corrected chi connectivity index (χ4v) is 9.50. The van der Waals surface area contributed by atoms with Gasteiger partial charge in [0.15, 0.2) is 17.5 Å². The van der Waals surface area contributed by atoms with E-state index in [0.29, 0.717) is 17.5 Å². The molecule has 0 amide bonds. The van der Waals surface area contributed by atoms with Crippen LogP contribution in [0, 0.1) is 0 Å². The molecule has 3 aromatic heterocycles. The monoisotopic (exact) mass is 790 g/mol. The molecule has 62 heavy (non-hydrogen) atoms. The topological polar surface area (TPSA) is 56.7 Å². The highest BCUT2D eigenvalue weighted by Gasteiger charge is 2.18. The number of nitrogens with zero attached hydrogens (tertiary/aromatic N) is 4. The van der Waals surface area contributed by atoms with Crippen LogP contribution in [0.15, 0.2) is 211 Å². The lowest BCUT2D eigenvalue weighted by Gasteiger charge is -2.15. The van der Waals surface area contributed by atoms with Gasteiger partial charge in [-0.15, -0.1) is 0 Å². The summed E-state index contributed by atoms with van der Waals surface area (Å²) >= 11 is 0. The first-order chi connectivity index (χ1) is 30.7. The normalized spacial score (nSPS) is 11.9. The van der Waals surface area contributed by atoms with Crippen molar-refractivity contribution in [1.29, 1.82) is 0 Å². The maximum absolute atomic E-state index is 6.16. The Morgan fingerprint density at radius 3 is 1.48 bits per heavy atom. The van der Waals surface area contributed by atoms with E-state index in [-0.39, 0.29) is 0 Å². The maximum Gasteiger partial charge on any atom is 0.164 e. The van der Waals surface area contributed by atoms with E-state index in [9.17, 15) is 0 Å². The molecule has 5 nitrogen and oxygen atoms in total. The summed E-state index contributed by atoms with van der Waals surface area (Å²) in [6.07, 6.45) is 0. The van der Waals surface area contributed by atoms with Crippen LogP contribution < -0.4 is 0 Å². The number of hydrogen-bond donors (Lipinski definition) is 0. The smallest absolute Gasteiger partial charge is 0.164 e. The Balaban J connectivity index is 0.988. The van der Waals surface area contributed by atoms with E-state index in [1.54, 1.807) is 0 Å². The second-order valence-electron chi connectivity index (χ2n) is 16.0. The van der Waals surface area contributed by atoms with Crippen LogP contribution in [0.1, 0.15) is 0 Å². The molecule has 0 aliphatic rings. The summed E-state index contributed by atoms with van der Waals surface area (Å²) in [7, 11) is 0. The Bertz CT molecular complexity index is 3870. The van der Waals surface area contributed by atoms with Crippen molar-refractivity contribution in [3.05, 3.63) is 206 Å². The second kappa shape index (κ2) is 13.6. The molecule has 0 N–H and O–H groups in total. The average Bonchev–Trinajstić information content (AvgIpc) is 3.89. The zero-order chi connectivity index (χ0) is 40.7. The van der Waals surface area contributed by atoms with Gasteiger partial charge in [0.1, 0.15) is 11.2 Å². The molecule has 0 aliphatic heterocycles. The standard InChI is InChI=1S/C57H34N4O/c1-3-13-35(14-4-1)55-58-56(36-15-5-2-6-16-36)60-57(59-55)39-23-27-43-41-17-7-8-18-42(41)48-34-40(26-28-44(48)47(43)33-39)61-51-21-11-9-19-45(51)49-31-37(24-29-52(49)61)38-25-30-54-50(32-38)46-20-10-12-22-53(46)62-54/h1-34H. The van der Waals surface area contributed by atoms with Crippen LogP contribution in [-0.2, 0) is 0 Å². The molecule has 0 atom stereocenters. The molecular weight excluding hydrogens is 757 g/mol. The molecule has 0 saturated carbocycles. The van der Waals surface area contributed by atoms with E-state index in [2.05, 4.69) is 138 Å². The highest BCUT2D eigenvalue weighted by molar-refractivity contribution is 6.26. The molecular formula is C57H34N4O. The van der Waals surface area contributed by atoms with E-state index in [4.69, 9.17) is 19.4 Å². The summed E-state index contributed by atoms with van der Waals surface area (Å²) in [6.45, 7) is 0. The lowest BCUT2D eigenvalue weighted by Crippen LogP contribution is -2.00. The first-order valence-electron chi connectivity index (χ1n) is 20.9. The third-order valence-electron chi connectivity index (χ3n) is 12.4. The van der Waals surface area contributed by atoms with Crippen molar-refractivity contribution < 1.29 is 4.42 Å². The number of aromatic nitrogens is 4. The lowest BCUT2D eigenvalue weighted by atomic mass is 9.93. The number of fused-ring (bicyclic) bond motifs is 12. The van der Waals surface area contributed by atoms with Crippen molar-refractivity contribution in [2.75, 3.05) is 0 Å². The molecule has 5 heteroatoms. The summed E-state index contributed by atoms with van der Waals surface area (Å²) in [4.78, 5) is 15.1. The number of benzene rings is 10. The highest BCUT2D eigenvalue weighted by atomic mass is 16.3. The summed E-state index contributed by atoms with van der Waals surface area (Å²) in [6, 6.07) is 73.0. The van der Waals surface area contributed by atoms with Gasteiger partial charge in [-0.2, -0.15) is 0 Å². The van der Waals surface area contributed by atoms with Gasteiger partial charge in [-0.05, 0) is 98.0 Å². The molecule has 13 rings (SSSR count). The van der Waals surface area contributed by atoms with Gasteiger partial charge in [0.05, 0.1) is 11.0 Å². The quantitative estimate of drug-likeness (QED) is 0.163. The second-order valence-corrected chi connectivity index (χ2v) is 16.0. The van der Waals surface area contributed by atoms with E-state index in [1.165, 1.54) is 48.8 Å². The van der Waals surface area contributed by atoms with Crippen LogP contribution >= 0.6 is 0 Å². The third kappa shape index (κ3) is 5.38. The van der Waals surface area contributed by atoms with E-state index in [1.807, 2.05) is 72.8 Å². The van der Waals surface area contributed by atoms with Gasteiger partial charge < -0.3 is 8.98 Å². The van der Waals surface area contributed by atoms with E-state index in [0.717, 1.165) is 60.8 Å². The molecule has 3 heterocycles. The predicted octanol–water partition coefficient (Wildman–Crippen LogP) is 15.0. The van der Waals surface area contributed by atoms with Gasteiger partial charge in [0.25, 0.3) is 0 Å². The van der Waals surface area contributed by atoms with Crippen molar-refractivity contribution in [2.45, 2.75) is 0 Å². The summed E-state index contributed by atoms with van der Waals surface area (Å²) in [5.41, 5.74) is 10.4. The first-order valence-corrected chi connectivity index (χ1v) is 20.9. The average molecular weight is 791 g/mol. The molecule has 13 aromatic rings. The van der Waals surface area contributed by atoms with Crippen molar-refractivity contribution in [3.63, 3.8) is 0 Å². The number of hydrogen-bond acceptors (Lipinski definition) is 4. The van der Waals surface area contributed by atoms with Gasteiger partial charge in [-0.3, -0.25) is 0 Å². The molecule has 0 saturated heterocycles. The van der Waals surface area contributed by atoms with Gasteiger partial charge in [0, 0.05) is 43.9 Å².